The van der Waals surface area contributed by atoms with Crippen molar-refractivity contribution in [3.8, 4) is 5.75 Å². The van der Waals surface area contributed by atoms with Crippen LogP contribution >= 0.6 is 11.3 Å². The molecular formula is C21H17N3O4S. The number of rotatable bonds is 7. The number of nitrogens with one attached hydrogen (secondary N) is 2. The number of thiophene rings is 1. The molecular weight excluding hydrogens is 390 g/mol. The van der Waals surface area contributed by atoms with E-state index in [9.17, 15) is 9.59 Å². The Kier molecular flexibility index (Phi) is 5.53. The molecule has 2 aromatic heterocycles. The normalized spacial score (nSPS) is 10.6. The molecule has 0 radical (unpaired) electrons. The van der Waals surface area contributed by atoms with Crippen molar-refractivity contribution in [1.29, 1.82) is 0 Å². The average Bonchev–Trinajstić information content (AvgIpc) is 3.22. The number of aromatic nitrogens is 2. The van der Waals surface area contributed by atoms with E-state index >= 15 is 0 Å². The van der Waals surface area contributed by atoms with Gasteiger partial charge in [0.15, 0.2) is 6.61 Å². The second-order valence-electron chi connectivity index (χ2n) is 6.11. The van der Waals surface area contributed by atoms with Crippen molar-refractivity contribution < 1.29 is 14.3 Å². The zero-order chi connectivity index (χ0) is 20.1. The van der Waals surface area contributed by atoms with Crippen LogP contribution in [0.25, 0.3) is 10.2 Å². The number of H-pyrrole nitrogens is 1. The number of carbonyl (C=O) groups is 1. The number of benzene rings is 2. The van der Waals surface area contributed by atoms with Gasteiger partial charge >= 0.3 is 5.97 Å². The Hall–Kier alpha value is -3.65. The van der Waals surface area contributed by atoms with Crippen molar-refractivity contribution in [3.63, 3.8) is 0 Å². The Balaban J connectivity index is 1.27. The SMILES string of the molecule is O=C(COc1ccc(Nc2ccccc2)cc1)OCc1nc2ccsc2c(=O)[nH]1. The lowest BCUT2D eigenvalue weighted by Gasteiger charge is -2.09. The largest absolute Gasteiger partial charge is 0.482 e. The predicted molar refractivity (Wildman–Crippen MR) is 112 cm³/mol. The lowest BCUT2D eigenvalue weighted by Crippen LogP contribution is -2.17. The summed E-state index contributed by atoms with van der Waals surface area (Å²) in [6.07, 6.45) is 0. The summed E-state index contributed by atoms with van der Waals surface area (Å²) >= 11 is 1.32. The smallest absolute Gasteiger partial charge is 0.344 e. The van der Waals surface area contributed by atoms with Crippen LogP contribution < -0.4 is 15.6 Å². The highest BCUT2D eigenvalue weighted by Crippen LogP contribution is 2.20. The summed E-state index contributed by atoms with van der Waals surface area (Å²) in [4.78, 5) is 30.7. The standard InChI is InChI=1S/C21H17N3O4S/c25-19(28-12-18-23-17-10-11-29-20(17)21(26)24-18)13-27-16-8-6-15(7-9-16)22-14-4-2-1-3-5-14/h1-11,22H,12-13H2,(H,23,24,26). The van der Waals surface area contributed by atoms with Crippen molar-refractivity contribution in [3.05, 3.63) is 82.2 Å². The summed E-state index contributed by atoms with van der Waals surface area (Å²) in [6, 6.07) is 18.8. The van der Waals surface area contributed by atoms with Gasteiger partial charge in [0.1, 0.15) is 22.9 Å². The highest BCUT2D eigenvalue weighted by atomic mass is 32.1. The second-order valence-corrected chi connectivity index (χ2v) is 7.03. The molecule has 4 aromatic rings. The summed E-state index contributed by atoms with van der Waals surface area (Å²) < 4.78 is 11.1. The maximum atomic E-state index is 11.9. The van der Waals surface area contributed by atoms with E-state index in [0.717, 1.165) is 11.4 Å². The quantitative estimate of drug-likeness (QED) is 0.452. The molecule has 2 heterocycles. The van der Waals surface area contributed by atoms with E-state index in [1.165, 1.54) is 11.3 Å². The number of carbonyl (C=O) groups excluding carboxylic acids is 1. The van der Waals surface area contributed by atoms with E-state index in [2.05, 4.69) is 15.3 Å². The maximum absolute atomic E-state index is 11.9. The van der Waals surface area contributed by atoms with Gasteiger partial charge in [-0.3, -0.25) is 4.79 Å². The molecule has 7 nitrogen and oxygen atoms in total. The molecule has 8 heteroatoms. The minimum atomic E-state index is -0.551. The van der Waals surface area contributed by atoms with E-state index in [-0.39, 0.29) is 18.8 Å². The predicted octanol–water partition coefficient (Wildman–Crippen LogP) is 3.85. The van der Waals surface area contributed by atoms with Gasteiger partial charge in [0.25, 0.3) is 5.56 Å². The van der Waals surface area contributed by atoms with Gasteiger partial charge in [0, 0.05) is 11.4 Å². The van der Waals surface area contributed by atoms with Gasteiger partial charge in [-0.15, -0.1) is 11.3 Å². The Morgan fingerprint density at radius 1 is 1.03 bits per heavy atom. The third-order valence-electron chi connectivity index (χ3n) is 4.01. The minimum Gasteiger partial charge on any atom is -0.482 e. The third-order valence-corrected chi connectivity index (χ3v) is 4.91. The number of nitrogens with zero attached hydrogens (tertiary/aromatic N) is 1. The van der Waals surface area contributed by atoms with Crippen LogP contribution in [0, 0.1) is 0 Å². The molecule has 0 saturated carbocycles. The number of para-hydroxylation sites is 1. The van der Waals surface area contributed by atoms with Gasteiger partial charge in [-0.1, -0.05) is 18.2 Å². The topological polar surface area (TPSA) is 93.3 Å². The molecule has 2 N–H and O–H groups in total. The van der Waals surface area contributed by atoms with Gasteiger partial charge in [0.05, 0.1) is 5.52 Å². The fourth-order valence-corrected chi connectivity index (χ4v) is 3.37. The molecule has 0 amide bonds. The van der Waals surface area contributed by atoms with Gasteiger partial charge in [-0.05, 0) is 47.8 Å². The van der Waals surface area contributed by atoms with E-state index in [1.807, 2.05) is 42.5 Å². The molecule has 0 saturated heterocycles. The molecule has 0 atom stereocenters. The third kappa shape index (κ3) is 4.80. The second kappa shape index (κ2) is 8.57. The van der Waals surface area contributed by atoms with Crippen LogP contribution in [-0.4, -0.2) is 22.5 Å². The molecule has 0 spiro atoms. The molecule has 4 rings (SSSR count). The number of ether oxygens (including phenoxy) is 2. The zero-order valence-electron chi connectivity index (χ0n) is 15.3. The Labute approximate surface area is 170 Å². The molecule has 29 heavy (non-hydrogen) atoms. The molecule has 0 unspecified atom stereocenters. The van der Waals surface area contributed by atoms with Crippen molar-refractivity contribution in [2.45, 2.75) is 6.61 Å². The summed E-state index contributed by atoms with van der Waals surface area (Å²) in [6.45, 7) is -0.362. The molecule has 2 aromatic carbocycles. The molecule has 0 aliphatic heterocycles. The van der Waals surface area contributed by atoms with Crippen LogP contribution in [-0.2, 0) is 16.1 Å². The van der Waals surface area contributed by atoms with Crippen molar-refractivity contribution in [1.82, 2.24) is 9.97 Å². The summed E-state index contributed by atoms with van der Waals surface area (Å²) in [7, 11) is 0. The lowest BCUT2D eigenvalue weighted by atomic mass is 10.2. The van der Waals surface area contributed by atoms with Crippen LogP contribution in [0.5, 0.6) is 5.75 Å². The summed E-state index contributed by atoms with van der Waals surface area (Å²) in [5.41, 5.74) is 2.24. The summed E-state index contributed by atoms with van der Waals surface area (Å²) in [5, 5.41) is 5.06. The van der Waals surface area contributed by atoms with Crippen molar-refractivity contribution in [2.75, 3.05) is 11.9 Å². The van der Waals surface area contributed by atoms with Crippen LogP contribution in [0.3, 0.4) is 0 Å². The first kappa shape index (κ1) is 18.7. The Morgan fingerprint density at radius 3 is 2.59 bits per heavy atom. The van der Waals surface area contributed by atoms with Crippen LogP contribution in [0.1, 0.15) is 5.82 Å². The number of hydrogen-bond acceptors (Lipinski definition) is 7. The van der Waals surface area contributed by atoms with Gasteiger partial charge in [-0.25, -0.2) is 9.78 Å². The van der Waals surface area contributed by atoms with Crippen LogP contribution in [0.15, 0.2) is 70.8 Å². The average molecular weight is 407 g/mol. The highest BCUT2D eigenvalue weighted by molar-refractivity contribution is 7.17. The van der Waals surface area contributed by atoms with Crippen molar-refractivity contribution >= 4 is 38.9 Å². The first-order valence-electron chi connectivity index (χ1n) is 8.84. The number of esters is 1. The Morgan fingerprint density at radius 2 is 1.79 bits per heavy atom. The zero-order valence-corrected chi connectivity index (χ0v) is 16.1. The van der Waals surface area contributed by atoms with Gasteiger partial charge < -0.3 is 19.8 Å². The number of hydrogen-bond donors (Lipinski definition) is 2. The molecule has 0 aliphatic carbocycles. The first-order valence-corrected chi connectivity index (χ1v) is 9.72. The molecule has 0 bridgehead atoms. The number of anilines is 2. The fraction of sp³-hybridized carbons (Fsp3) is 0.0952. The Bertz CT molecular complexity index is 1170. The van der Waals surface area contributed by atoms with Crippen LogP contribution in [0.4, 0.5) is 11.4 Å². The van der Waals surface area contributed by atoms with E-state index in [1.54, 1.807) is 23.6 Å². The fourth-order valence-electron chi connectivity index (χ4n) is 2.65. The van der Waals surface area contributed by atoms with E-state index in [0.29, 0.717) is 21.8 Å². The first-order chi connectivity index (χ1) is 14.2. The summed E-state index contributed by atoms with van der Waals surface area (Å²) in [5.74, 6) is 0.293. The molecule has 146 valence electrons. The molecule has 0 fully saturated rings. The molecule has 0 aliphatic rings. The van der Waals surface area contributed by atoms with Crippen LogP contribution in [0.2, 0.25) is 0 Å². The van der Waals surface area contributed by atoms with Gasteiger partial charge in [0.2, 0.25) is 0 Å². The number of fused-ring (bicyclic) bond motifs is 1. The van der Waals surface area contributed by atoms with Crippen molar-refractivity contribution in [2.24, 2.45) is 0 Å². The maximum Gasteiger partial charge on any atom is 0.344 e. The van der Waals surface area contributed by atoms with E-state index < -0.39 is 5.97 Å². The monoisotopic (exact) mass is 407 g/mol. The minimum absolute atomic E-state index is 0.122. The lowest BCUT2D eigenvalue weighted by molar-refractivity contribution is -0.147. The number of aromatic amines is 1. The highest BCUT2D eigenvalue weighted by Gasteiger charge is 2.09. The van der Waals surface area contributed by atoms with Gasteiger partial charge in [-0.2, -0.15) is 0 Å². The van der Waals surface area contributed by atoms with E-state index in [4.69, 9.17) is 9.47 Å².